The largest absolute Gasteiger partial charge is 0.323 e. The average Bonchev–Trinajstić information content (AvgIpc) is 2.50. The van der Waals surface area contributed by atoms with E-state index in [1.807, 2.05) is 0 Å². The Labute approximate surface area is 146 Å². The summed E-state index contributed by atoms with van der Waals surface area (Å²) >= 11 is 0. The minimum atomic E-state index is 0.132. The Morgan fingerprint density at radius 2 is 1.04 bits per heavy atom. The van der Waals surface area contributed by atoms with E-state index in [-0.39, 0.29) is 6.04 Å². The standard InChI is InChI=1S/C21H44NO/c1-6-7-8-9-10-11-12-13-14-15-16-17-18-19-21(23)20(2)22(3,4)5/h20H,6-19H2,1-5H3/q+1. The van der Waals surface area contributed by atoms with Gasteiger partial charge in [-0.2, -0.15) is 0 Å². The normalized spacial score (nSPS) is 13.3. The fraction of sp³-hybridized carbons (Fsp3) is 0.952. The first-order chi connectivity index (χ1) is 10.9. The molecule has 0 saturated carbocycles. The van der Waals surface area contributed by atoms with Gasteiger partial charge in [-0.15, -0.1) is 0 Å². The Bertz CT molecular complexity index is 280. The molecule has 1 unspecified atom stereocenters. The number of carbonyl (C=O) groups excluding carboxylic acids is 1. The van der Waals surface area contributed by atoms with Crippen LogP contribution in [-0.2, 0) is 4.79 Å². The maximum atomic E-state index is 12.1. The van der Waals surface area contributed by atoms with Crippen molar-refractivity contribution in [3.8, 4) is 0 Å². The van der Waals surface area contributed by atoms with E-state index in [2.05, 4.69) is 35.0 Å². The molecule has 2 nitrogen and oxygen atoms in total. The number of likely N-dealkylation sites (N-methyl/N-ethyl adjacent to an activating group) is 1. The maximum Gasteiger partial charge on any atom is 0.189 e. The lowest BCUT2D eigenvalue weighted by molar-refractivity contribution is -0.884. The van der Waals surface area contributed by atoms with Crippen LogP contribution in [0.15, 0.2) is 0 Å². The zero-order chi connectivity index (χ0) is 17.6. The molecule has 0 aliphatic heterocycles. The van der Waals surface area contributed by atoms with Gasteiger partial charge in [-0.05, 0) is 13.3 Å². The predicted octanol–water partition coefficient (Wildman–Crippen LogP) is 6.13. The van der Waals surface area contributed by atoms with Crippen LogP contribution in [0.5, 0.6) is 0 Å². The number of quaternary nitrogens is 1. The van der Waals surface area contributed by atoms with Crippen LogP contribution in [0.1, 0.15) is 104 Å². The lowest BCUT2D eigenvalue weighted by Gasteiger charge is -2.30. The first-order valence-corrected chi connectivity index (χ1v) is 10.2. The van der Waals surface area contributed by atoms with Crippen molar-refractivity contribution in [2.45, 2.75) is 110 Å². The summed E-state index contributed by atoms with van der Waals surface area (Å²) < 4.78 is 0.747. The van der Waals surface area contributed by atoms with Gasteiger partial charge in [0.2, 0.25) is 0 Å². The molecule has 0 radical (unpaired) electrons. The number of carbonyl (C=O) groups is 1. The number of hydrogen-bond acceptors (Lipinski definition) is 1. The first kappa shape index (κ1) is 22.6. The highest BCUT2D eigenvalue weighted by Gasteiger charge is 2.25. The molecule has 0 N–H and O–H groups in total. The Morgan fingerprint density at radius 3 is 1.39 bits per heavy atom. The van der Waals surface area contributed by atoms with E-state index in [0.717, 1.165) is 17.3 Å². The second kappa shape index (κ2) is 14.0. The van der Waals surface area contributed by atoms with Gasteiger partial charge in [-0.3, -0.25) is 4.79 Å². The van der Waals surface area contributed by atoms with Gasteiger partial charge in [0.05, 0.1) is 21.1 Å². The van der Waals surface area contributed by atoms with Crippen LogP contribution in [0.3, 0.4) is 0 Å². The predicted molar refractivity (Wildman–Crippen MR) is 103 cm³/mol. The van der Waals surface area contributed by atoms with Crippen molar-refractivity contribution >= 4 is 5.78 Å². The fourth-order valence-electron chi connectivity index (χ4n) is 2.96. The SMILES string of the molecule is CCCCCCCCCCCCCCCC(=O)C(C)[N+](C)(C)C. The summed E-state index contributed by atoms with van der Waals surface area (Å²) in [5, 5.41) is 0. The summed E-state index contributed by atoms with van der Waals surface area (Å²) in [4.78, 5) is 12.1. The van der Waals surface area contributed by atoms with E-state index in [4.69, 9.17) is 0 Å². The molecule has 0 saturated heterocycles. The third kappa shape index (κ3) is 13.7. The molecule has 0 aliphatic carbocycles. The monoisotopic (exact) mass is 326 g/mol. The minimum absolute atomic E-state index is 0.132. The van der Waals surface area contributed by atoms with Crippen molar-refractivity contribution in [3.63, 3.8) is 0 Å². The summed E-state index contributed by atoms with van der Waals surface area (Å²) in [6.45, 7) is 4.34. The number of unbranched alkanes of at least 4 members (excludes halogenated alkanes) is 12. The zero-order valence-corrected chi connectivity index (χ0v) is 16.8. The van der Waals surface area contributed by atoms with Gasteiger partial charge >= 0.3 is 0 Å². The highest BCUT2D eigenvalue weighted by Crippen LogP contribution is 2.14. The molecule has 0 aromatic carbocycles. The molecule has 0 fully saturated rings. The van der Waals surface area contributed by atoms with Crippen LogP contribution in [0.25, 0.3) is 0 Å². The summed E-state index contributed by atoms with van der Waals surface area (Å²) in [6.07, 6.45) is 18.5. The second-order valence-corrected chi connectivity index (χ2v) is 8.25. The lowest BCUT2D eigenvalue weighted by Crippen LogP contribution is -2.47. The van der Waals surface area contributed by atoms with E-state index >= 15 is 0 Å². The molecule has 0 aromatic heterocycles. The molecule has 0 amide bonds. The Hall–Kier alpha value is -0.370. The van der Waals surface area contributed by atoms with Crippen molar-refractivity contribution in [2.75, 3.05) is 21.1 Å². The van der Waals surface area contributed by atoms with Gasteiger partial charge in [-0.25, -0.2) is 0 Å². The molecule has 2 heteroatoms. The number of ketones is 1. The van der Waals surface area contributed by atoms with Gasteiger partial charge in [0.25, 0.3) is 0 Å². The van der Waals surface area contributed by atoms with Crippen LogP contribution < -0.4 is 0 Å². The molecule has 1 atom stereocenters. The van der Waals surface area contributed by atoms with Crippen molar-refractivity contribution in [1.82, 2.24) is 0 Å². The van der Waals surface area contributed by atoms with E-state index in [0.29, 0.717) is 5.78 Å². The van der Waals surface area contributed by atoms with Crippen molar-refractivity contribution in [2.24, 2.45) is 0 Å². The van der Waals surface area contributed by atoms with Crippen molar-refractivity contribution in [1.29, 1.82) is 0 Å². The van der Waals surface area contributed by atoms with Crippen LogP contribution in [0.2, 0.25) is 0 Å². The summed E-state index contributed by atoms with van der Waals surface area (Å²) in [6, 6.07) is 0.132. The molecular formula is C21H44NO+. The fourth-order valence-corrected chi connectivity index (χ4v) is 2.96. The molecule has 0 rings (SSSR count). The van der Waals surface area contributed by atoms with Gasteiger partial charge in [0.15, 0.2) is 5.78 Å². The summed E-state index contributed by atoms with van der Waals surface area (Å²) in [5.41, 5.74) is 0. The molecule has 0 heterocycles. The van der Waals surface area contributed by atoms with E-state index < -0.39 is 0 Å². The molecule has 23 heavy (non-hydrogen) atoms. The van der Waals surface area contributed by atoms with Crippen LogP contribution in [0.4, 0.5) is 0 Å². The Kier molecular flexibility index (Phi) is 13.8. The van der Waals surface area contributed by atoms with E-state index in [1.54, 1.807) is 0 Å². The summed E-state index contributed by atoms with van der Waals surface area (Å²) in [7, 11) is 6.31. The second-order valence-electron chi connectivity index (χ2n) is 8.25. The zero-order valence-electron chi connectivity index (χ0n) is 16.8. The van der Waals surface area contributed by atoms with E-state index in [9.17, 15) is 4.79 Å². The number of hydrogen-bond donors (Lipinski definition) is 0. The Balaban J connectivity index is 3.29. The number of rotatable bonds is 16. The first-order valence-electron chi connectivity index (χ1n) is 10.2. The van der Waals surface area contributed by atoms with Gasteiger partial charge in [-0.1, -0.05) is 84.0 Å². The van der Waals surface area contributed by atoms with Crippen molar-refractivity contribution < 1.29 is 9.28 Å². The third-order valence-electron chi connectivity index (χ3n) is 5.15. The highest BCUT2D eigenvalue weighted by molar-refractivity contribution is 5.82. The van der Waals surface area contributed by atoms with Gasteiger partial charge < -0.3 is 4.48 Å². The van der Waals surface area contributed by atoms with Crippen molar-refractivity contribution in [3.05, 3.63) is 0 Å². The van der Waals surface area contributed by atoms with Crippen LogP contribution in [0, 0.1) is 0 Å². The highest BCUT2D eigenvalue weighted by atomic mass is 16.1. The molecule has 0 spiro atoms. The smallest absolute Gasteiger partial charge is 0.189 e. The lowest BCUT2D eigenvalue weighted by atomic mass is 10.0. The van der Waals surface area contributed by atoms with Gasteiger partial charge in [0, 0.05) is 6.42 Å². The quantitative estimate of drug-likeness (QED) is 0.246. The maximum absolute atomic E-state index is 12.1. The molecule has 138 valence electrons. The molecule has 0 bridgehead atoms. The number of nitrogens with zero attached hydrogens (tertiary/aromatic N) is 1. The molecule has 0 aliphatic rings. The third-order valence-corrected chi connectivity index (χ3v) is 5.15. The number of Topliss-reactive ketones (excluding diaryl/α,β-unsaturated/α-hetero) is 1. The average molecular weight is 327 g/mol. The topological polar surface area (TPSA) is 17.1 Å². The van der Waals surface area contributed by atoms with E-state index in [1.165, 1.54) is 77.0 Å². The Morgan fingerprint density at radius 1 is 0.696 bits per heavy atom. The minimum Gasteiger partial charge on any atom is -0.323 e. The summed E-state index contributed by atoms with van der Waals surface area (Å²) in [5.74, 6) is 0.431. The molecular weight excluding hydrogens is 282 g/mol. The van der Waals surface area contributed by atoms with Crippen LogP contribution >= 0.6 is 0 Å². The van der Waals surface area contributed by atoms with Crippen LogP contribution in [-0.4, -0.2) is 37.5 Å². The molecule has 0 aromatic rings. The van der Waals surface area contributed by atoms with Gasteiger partial charge in [0.1, 0.15) is 6.04 Å².